The molecule has 1 unspecified atom stereocenters. The van der Waals surface area contributed by atoms with Crippen LogP contribution in [-0.2, 0) is 16.0 Å². The number of Topliss-reactive ketones (excluding diaryl/α,β-unsaturated/α-hetero) is 1. The molecule has 1 aromatic rings. The van der Waals surface area contributed by atoms with Crippen molar-refractivity contribution in [3.8, 4) is 0 Å². The molecule has 0 heterocycles. The predicted octanol–water partition coefficient (Wildman–Crippen LogP) is 1.82. The Morgan fingerprint density at radius 3 is 2.38 bits per heavy atom. The quantitative estimate of drug-likeness (QED) is 0.743. The molecule has 0 aliphatic carbocycles. The normalized spacial score (nSPS) is 12.1. The fourth-order valence-electron chi connectivity index (χ4n) is 1.48. The van der Waals surface area contributed by atoms with Crippen molar-refractivity contribution in [3.63, 3.8) is 0 Å². The maximum absolute atomic E-state index is 11.2. The standard InChI is InChI=1S/C12H14O3S/c13-11(8-16)7-10(12(14)15)6-9-4-2-1-3-5-9/h1-5,10,16H,6-8H2,(H,14,15). The van der Waals surface area contributed by atoms with Crippen molar-refractivity contribution in [2.45, 2.75) is 12.8 Å². The number of rotatable bonds is 6. The van der Waals surface area contributed by atoms with Crippen LogP contribution >= 0.6 is 12.6 Å². The van der Waals surface area contributed by atoms with Gasteiger partial charge in [-0.25, -0.2) is 0 Å². The highest BCUT2D eigenvalue weighted by atomic mass is 32.1. The molecule has 1 aromatic carbocycles. The van der Waals surface area contributed by atoms with Crippen LogP contribution < -0.4 is 0 Å². The van der Waals surface area contributed by atoms with E-state index in [0.717, 1.165) is 5.56 Å². The largest absolute Gasteiger partial charge is 0.481 e. The lowest BCUT2D eigenvalue weighted by Crippen LogP contribution is -2.20. The monoisotopic (exact) mass is 238 g/mol. The van der Waals surface area contributed by atoms with Gasteiger partial charge < -0.3 is 5.11 Å². The Kier molecular flexibility index (Phi) is 5.05. The second kappa shape index (κ2) is 6.33. The molecule has 0 saturated carbocycles. The van der Waals surface area contributed by atoms with Crippen LogP contribution in [0.15, 0.2) is 30.3 Å². The predicted molar refractivity (Wildman–Crippen MR) is 64.7 cm³/mol. The first kappa shape index (κ1) is 12.8. The molecule has 0 amide bonds. The Bertz CT molecular complexity index is 362. The summed E-state index contributed by atoms with van der Waals surface area (Å²) >= 11 is 3.84. The summed E-state index contributed by atoms with van der Waals surface area (Å²) in [6, 6.07) is 9.31. The van der Waals surface area contributed by atoms with E-state index in [4.69, 9.17) is 5.11 Å². The Hall–Kier alpha value is -1.29. The number of benzene rings is 1. The lowest BCUT2D eigenvalue weighted by molar-refractivity contribution is -0.143. The molecule has 0 fully saturated rings. The second-order valence-corrected chi connectivity index (χ2v) is 3.94. The van der Waals surface area contributed by atoms with Gasteiger partial charge in [0.05, 0.1) is 5.92 Å². The summed E-state index contributed by atoms with van der Waals surface area (Å²) in [6.07, 6.45) is 0.434. The van der Waals surface area contributed by atoms with Crippen molar-refractivity contribution in [2.75, 3.05) is 5.75 Å². The Morgan fingerprint density at radius 1 is 1.25 bits per heavy atom. The van der Waals surface area contributed by atoms with Crippen LogP contribution in [0.1, 0.15) is 12.0 Å². The van der Waals surface area contributed by atoms with Crippen LogP contribution in [0.25, 0.3) is 0 Å². The van der Waals surface area contributed by atoms with Crippen molar-refractivity contribution in [2.24, 2.45) is 5.92 Å². The van der Waals surface area contributed by atoms with Gasteiger partial charge in [0, 0.05) is 12.2 Å². The number of carbonyl (C=O) groups excluding carboxylic acids is 1. The minimum Gasteiger partial charge on any atom is -0.481 e. The third-order valence-corrected chi connectivity index (χ3v) is 2.68. The van der Waals surface area contributed by atoms with E-state index in [0.29, 0.717) is 6.42 Å². The molecule has 0 saturated heterocycles. The average molecular weight is 238 g/mol. The SMILES string of the molecule is O=C(CS)CC(Cc1ccccc1)C(=O)O. The van der Waals surface area contributed by atoms with E-state index < -0.39 is 11.9 Å². The zero-order chi connectivity index (χ0) is 12.0. The van der Waals surface area contributed by atoms with Gasteiger partial charge in [-0.2, -0.15) is 12.6 Å². The van der Waals surface area contributed by atoms with E-state index in [2.05, 4.69) is 12.6 Å². The first-order valence-corrected chi connectivity index (χ1v) is 5.66. The molecule has 0 bridgehead atoms. The molecule has 16 heavy (non-hydrogen) atoms. The highest BCUT2D eigenvalue weighted by Gasteiger charge is 2.20. The van der Waals surface area contributed by atoms with Crippen molar-refractivity contribution < 1.29 is 14.7 Å². The van der Waals surface area contributed by atoms with Gasteiger partial charge in [0.2, 0.25) is 0 Å². The number of aliphatic carboxylic acids is 1. The molecule has 0 spiro atoms. The Labute approximate surface area is 99.9 Å². The van der Waals surface area contributed by atoms with Crippen molar-refractivity contribution >= 4 is 24.4 Å². The van der Waals surface area contributed by atoms with Crippen LogP contribution in [0.5, 0.6) is 0 Å². The number of ketones is 1. The van der Waals surface area contributed by atoms with Crippen LogP contribution in [0, 0.1) is 5.92 Å². The van der Waals surface area contributed by atoms with E-state index in [-0.39, 0.29) is 18.0 Å². The van der Waals surface area contributed by atoms with Crippen LogP contribution in [-0.4, -0.2) is 22.6 Å². The first-order valence-electron chi connectivity index (χ1n) is 5.02. The molecular weight excluding hydrogens is 224 g/mol. The lowest BCUT2D eigenvalue weighted by Gasteiger charge is -2.10. The van der Waals surface area contributed by atoms with E-state index in [1.807, 2.05) is 30.3 Å². The third kappa shape index (κ3) is 4.06. The van der Waals surface area contributed by atoms with Gasteiger partial charge >= 0.3 is 5.97 Å². The Balaban J connectivity index is 2.65. The summed E-state index contributed by atoms with van der Waals surface area (Å²) in [6.45, 7) is 0. The lowest BCUT2D eigenvalue weighted by atomic mass is 9.95. The fourth-order valence-corrected chi connectivity index (χ4v) is 1.61. The van der Waals surface area contributed by atoms with E-state index in [1.165, 1.54) is 0 Å². The Morgan fingerprint density at radius 2 is 1.88 bits per heavy atom. The number of thiol groups is 1. The van der Waals surface area contributed by atoms with Crippen LogP contribution in [0.3, 0.4) is 0 Å². The number of hydrogen-bond acceptors (Lipinski definition) is 3. The summed E-state index contributed by atoms with van der Waals surface area (Å²) in [5.74, 6) is -1.62. The van der Waals surface area contributed by atoms with Gasteiger partial charge in [-0.3, -0.25) is 9.59 Å². The van der Waals surface area contributed by atoms with Crippen LogP contribution in [0.2, 0.25) is 0 Å². The van der Waals surface area contributed by atoms with Gasteiger partial charge in [0.1, 0.15) is 5.78 Å². The molecule has 1 N–H and O–H groups in total. The minimum absolute atomic E-state index is 0.0493. The second-order valence-electron chi connectivity index (χ2n) is 3.63. The highest BCUT2D eigenvalue weighted by Crippen LogP contribution is 2.13. The molecular formula is C12H14O3S. The summed E-state index contributed by atoms with van der Waals surface area (Å²) in [7, 11) is 0. The van der Waals surface area contributed by atoms with Crippen molar-refractivity contribution in [3.05, 3.63) is 35.9 Å². The van der Waals surface area contributed by atoms with E-state index in [9.17, 15) is 9.59 Å². The topological polar surface area (TPSA) is 54.4 Å². The number of hydrogen-bond donors (Lipinski definition) is 2. The zero-order valence-electron chi connectivity index (χ0n) is 8.80. The van der Waals surface area contributed by atoms with E-state index >= 15 is 0 Å². The summed E-state index contributed by atoms with van der Waals surface area (Å²) < 4.78 is 0. The van der Waals surface area contributed by atoms with E-state index in [1.54, 1.807) is 0 Å². The smallest absolute Gasteiger partial charge is 0.307 e. The average Bonchev–Trinajstić information content (AvgIpc) is 2.29. The molecule has 86 valence electrons. The minimum atomic E-state index is -0.931. The van der Waals surface area contributed by atoms with Gasteiger partial charge in [0.15, 0.2) is 0 Å². The molecule has 0 radical (unpaired) electrons. The first-order chi connectivity index (χ1) is 7.63. The summed E-state index contributed by atoms with van der Waals surface area (Å²) in [4.78, 5) is 22.2. The number of carboxylic acid groups (broad SMARTS) is 1. The van der Waals surface area contributed by atoms with Gasteiger partial charge in [0.25, 0.3) is 0 Å². The molecule has 0 aliphatic heterocycles. The van der Waals surface area contributed by atoms with Gasteiger partial charge in [-0.05, 0) is 12.0 Å². The molecule has 0 aliphatic rings. The molecule has 1 rings (SSSR count). The van der Waals surface area contributed by atoms with Gasteiger partial charge in [-0.15, -0.1) is 0 Å². The molecule has 4 heteroatoms. The summed E-state index contributed by atoms with van der Waals surface area (Å²) in [5, 5.41) is 9.00. The van der Waals surface area contributed by atoms with Crippen molar-refractivity contribution in [1.29, 1.82) is 0 Å². The molecule has 1 atom stereocenters. The fraction of sp³-hybridized carbons (Fsp3) is 0.333. The number of carboxylic acids is 1. The highest BCUT2D eigenvalue weighted by molar-refractivity contribution is 7.81. The summed E-state index contributed by atoms with van der Waals surface area (Å²) in [5.41, 5.74) is 0.932. The zero-order valence-corrected chi connectivity index (χ0v) is 9.69. The molecule has 3 nitrogen and oxygen atoms in total. The van der Waals surface area contributed by atoms with Crippen molar-refractivity contribution in [1.82, 2.24) is 0 Å². The maximum Gasteiger partial charge on any atom is 0.307 e. The van der Waals surface area contributed by atoms with Gasteiger partial charge in [-0.1, -0.05) is 30.3 Å². The number of carbonyl (C=O) groups is 2. The van der Waals surface area contributed by atoms with Crippen LogP contribution in [0.4, 0.5) is 0 Å². The third-order valence-electron chi connectivity index (χ3n) is 2.32. The maximum atomic E-state index is 11.2. The molecule has 0 aromatic heterocycles.